The van der Waals surface area contributed by atoms with Crippen molar-refractivity contribution in [2.45, 2.75) is 13.5 Å². The molecule has 0 N–H and O–H groups in total. The van der Waals surface area contributed by atoms with Crippen LogP contribution in [0.3, 0.4) is 0 Å². The Hall–Kier alpha value is -2.76. The highest BCUT2D eigenvalue weighted by Gasteiger charge is 2.22. The van der Waals surface area contributed by atoms with E-state index >= 15 is 0 Å². The minimum Gasteiger partial charge on any atom is -0.359 e. The summed E-state index contributed by atoms with van der Waals surface area (Å²) in [4.78, 5) is 21.3. The Morgan fingerprint density at radius 3 is 2.85 bits per heavy atom. The fourth-order valence-corrected chi connectivity index (χ4v) is 4.12. The molecule has 132 valence electrons. The maximum Gasteiger partial charge on any atom is 0.258 e. The number of anilines is 1. The van der Waals surface area contributed by atoms with Gasteiger partial charge in [0.1, 0.15) is 22.3 Å². The number of nitriles is 1. The second-order valence-corrected chi connectivity index (χ2v) is 7.09. The fraction of sp³-hybridized carbons (Fsp3) is 0.333. The summed E-state index contributed by atoms with van der Waals surface area (Å²) in [6.07, 6.45) is 1.73. The lowest BCUT2D eigenvalue weighted by Gasteiger charge is -2.35. The third-order valence-corrected chi connectivity index (χ3v) is 5.63. The van der Waals surface area contributed by atoms with Crippen LogP contribution in [0.1, 0.15) is 17.0 Å². The van der Waals surface area contributed by atoms with E-state index in [1.54, 1.807) is 16.7 Å². The zero-order valence-corrected chi connectivity index (χ0v) is 15.2. The quantitative estimate of drug-likeness (QED) is 0.701. The molecule has 0 spiro atoms. The molecule has 0 amide bonds. The van der Waals surface area contributed by atoms with E-state index in [2.05, 4.69) is 25.2 Å². The zero-order valence-electron chi connectivity index (χ0n) is 14.4. The zero-order chi connectivity index (χ0) is 18.1. The largest absolute Gasteiger partial charge is 0.359 e. The molecule has 1 fully saturated rings. The Bertz CT molecular complexity index is 1040. The molecule has 3 aromatic heterocycles. The molecule has 3 aromatic rings. The molecule has 4 heterocycles. The molecule has 1 saturated heterocycles. The van der Waals surface area contributed by atoms with Gasteiger partial charge in [0.15, 0.2) is 0 Å². The van der Waals surface area contributed by atoms with Crippen LogP contribution < -0.4 is 10.5 Å². The van der Waals surface area contributed by atoms with Gasteiger partial charge in [0.05, 0.1) is 11.4 Å². The lowest BCUT2D eigenvalue weighted by Crippen LogP contribution is -2.46. The van der Waals surface area contributed by atoms with Crippen molar-refractivity contribution < 1.29 is 0 Å². The molecule has 0 saturated carbocycles. The highest BCUT2D eigenvalue weighted by molar-refractivity contribution is 7.10. The van der Waals surface area contributed by atoms with Gasteiger partial charge in [-0.3, -0.25) is 14.1 Å². The SMILES string of the molecule is Cc1nsc(N2CCN(Cc3cc(=O)n4ccccc4n3)CC2)c1C#N. The Morgan fingerprint density at radius 1 is 1.27 bits per heavy atom. The Balaban J connectivity index is 1.46. The van der Waals surface area contributed by atoms with Gasteiger partial charge in [0, 0.05) is 45.0 Å². The highest BCUT2D eigenvalue weighted by Crippen LogP contribution is 2.28. The molecule has 0 aliphatic carbocycles. The maximum atomic E-state index is 12.2. The van der Waals surface area contributed by atoms with Gasteiger partial charge in [-0.2, -0.15) is 9.64 Å². The van der Waals surface area contributed by atoms with Crippen LogP contribution in [0, 0.1) is 18.3 Å². The van der Waals surface area contributed by atoms with Crippen LogP contribution >= 0.6 is 11.5 Å². The van der Waals surface area contributed by atoms with Crippen molar-refractivity contribution in [3.63, 3.8) is 0 Å². The van der Waals surface area contributed by atoms with Crippen molar-refractivity contribution in [2.75, 3.05) is 31.1 Å². The fourth-order valence-electron chi connectivity index (χ4n) is 3.22. The average molecular weight is 366 g/mol. The number of nitrogens with zero attached hydrogens (tertiary/aromatic N) is 6. The van der Waals surface area contributed by atoms with Gasteiger partial charge in [-0.05, 0) is 30.6 Å². The average Bonchev–Trinajstić information content (AvgIpc) is 3.03. The van der Waals surface area contributed by atoms with Gasteiger partial charge in [-0.25, -0.2) is 4.98 Å². The van der Waals surface area contributed by atoms with Crippen LogP contribution in [0.2, 0.25) is 0 Å². The van der Waals surface area contributed by atoms with Crippen molar-refractivity contribution in [2.24, 2.45) is 0 Å². The molecule has 1 aliphatic rings. The van der Waals surface area contributed by atoms with Crippen LogP contribution in [-0.4, -0.2) is 44.8 Å². The van der Waals surface area contributed by atoms with E-state index in [0.717, 1.165) is 42.6 Å². The molecule has 4 rings (SSSR count). The van der Waals surface area contributed by atoms with E-state index in [-0.39, 0.29) is 5.56 Å². The minimum absolute atomic E-state index is 0.0527. The number of piperazine rings is 1. The third-order valence-electron chi connectivity index (χ3n) is 4.63. The molecule has 0 bridgehead atoms. The summed E-state index contributed by atoms with van der Waals surface area (Å²) >= 11 is 1.39. The smallest absolute Gasteiger partial charge is 0.258 e. The summed E-state index contributed by atoms with van der Waals surface area (Å²) < 4.78 is 5.86. The van der Waals surface area contributed by atoms with E-state index in [1.807, 2.05) is 25.1 Å². The first-order valence-corrected chi connectivity index (χ1v) is 9.24. The van der Waals surface area contributed by atoms with Crippen molar-refractivity contribution in [3.05, 3.63) is 57.8 Å². The Morgan fingerprint density at radius 2 is 2.08 bits per heavy atom. The first-order valence-electron chi connectivity index (χ1n) is 8.46. The van der Waals surface area contributed by atoms with Gasteiger partial charge < -0.3 is 4.90 Å². The normalized spacial score (nSPS) is 15.3. The summed E-state index contributed by atoms with van der Waals surface area (Å²) in [6.45, 7) is 5.92. The molecule has 0 unspecified atom stereocenters. The summed E-state index contributed by atoms with van der Waals surface area (Å²) in [5, 5.41) is 10.3. The monoisotopic (exact) mass is 366 g/mol. The van der Waals surface area contributed by atoms with Crippen LogP contribution in [0.25, 0.3) is 5.65 Å². The van der Waals surface area contributed by atoms with Crippen molar-refractivity contribution >= 4 is 22.2 Å². The van der Waals surface area contributed by atoms with E-state index in [4.69, 9.17) is 0 Å². The summed E-state index contributed by atoms with van der Waals surface area (Å²) in [5.41, 5.74) is 2.90. The predicted molar refractivity (Wildman–Crippen MR) is 101 cm³/mol. The number of aromatic nitrogens is 3. The second kappa shape index (κ2) is 6.86. The maximum absolute atomic E-state index is 12.2. The summed E-state index contributed by atoms with van der Waals surface area (Å²) in [6, 6.07) is 9.43. The van der Waals surface area contributed by atoms with Crippen molar-refractivity contribution in [1.82, 2.24) is 18.7 Å². The second-order valence-electron chi connectivity index (χ2n) is 6.34. The van der Waals surface area contributed by atoms with E-state index < -0.39 is 0 Å². The predicted octanol–water partition coefficient (Wildman–Crippen LogP) is 1.65. The molecule has 0 radical (unpaired) electrons. The molecule has 0 atom stereocenters. The lowest BCUT2D eigenvalue weighted by molar-refractivity contribution is 0.247. The van der Waals surface area contributed by atoms with Crippen LogP contribution in [-0.2, 0) is 6.54 Å². The van der Waals surface area contributed by atoms with Crippen molar-refractivity contribution in [1.29, 1.82) is 5.26 Å². The number of fused-ring (bicyclic) bond motifs is 1. The van der Waals surface area contributed by atoms with Crippen molar-refractivity contribution in [3.8, 4) is 6.07 Å². The molecular formula is C18H18N6OS. The number of hydrogen-bond acceptors (Lipinski definition) is 7. The molecule has 0 aromatic carbocycles. The van der Waals surface area contributed by atoms with Gasteiger partial charge >= 0.3 is 0 Å². The van der Waals surface area contributed by atoms with Gasteiger partial charge in [-0.1, -0.05) is 6.07 Å². The number of rotatable bonds is 3. The van der Waals surface area contributed by atoms with Gasteiger partial charge in [-0.15, -0.1) is 0 Å². The van der Waals surface area contributed by atoms with E-state index in [1.165, 1.54) is 11.5 Å². The number of aryl methyl sites for hydroxylation is 1. The topological polar surface area (TPSA) is 77.5 Å². The van der Waals surface area contributed by atoms with Crippen LogP contribution in [0.5, 0.6) is 0 Å². The number of hydrogen-bond donors (Lipinski definition) is 0. The summed E-state index contributed by atoms with van der Waals surface area (Å²) in [5.74, 6) is 0. The minimum atomic E-state index is -0.0527. The first kappa shape index (κ1) is 16.7. The van der Waals surface area contributed by atoms with E-state index in [0.29, 0.717) is 17.8 Å². The lowest BCUT2D eigenvalue weighted by atomic mass is 10.2. The van der Waals surface area contributed by atoms with Gasteiger partial charge in [0.25, 0.3) is 5.56 Å². The third kappa shape index (κ3) is 3.07. The first-order chi connectivity index (χ1) is 12.7. The highest BCUT2D eigenvalue weighted by atomic mass is 32.1. The van der Waals surface area contributed by atoms with E-state index in [9.17, 15) is 10.1 Å². The molecule has 8 heteroatoms. The molecule has 1 aliphatic heterocycles. The Labute approximate surface area is 154 Å². The standard InChI is InChI=1S/C18H18N6OS/c1-13-15(11-19)18(26-21-13)23-8-6-22(7-9-23)12-14-10-17(25)24-5-3-2-4-16(24)20-14/h2-5,10H,6-9,12H2,1H3. The number of pyridine rings is 1. The molecular weight excluding hydrogens is 348 g/mol. The van der Waals surface area contributed by atoms with Gasteiger partial charge in [0.2, 0.25) is 0 Å². The summed E-state index contributed by atoms with van der Waals surface area (Å²) in [7, 11) is 0. The van der Waals surface area contributed by atoms with Crippen LogP contribution in [0.4, 0.5) is 5.00 Å². The Kier molecular flexibility index (Phi) is 4.41. The molecule has 7 nitrogen and oxygen atoms in total. The van der Waals surface area contributed by atoms with Crippen LogP contribution in [0.15, 0.2) is 35.3 Å². The molecule has 26 heavy (non-hydrogen) atoms.